The van der Waals surface area contributed by atoms with Gasteiger partial charge in [-0.1, -0.05) is 18.2 Å². The number of ether oxygens (including phenoxy) is 1. The van der Waals surface area contributed by atoms with Crippen molar-refractivity contribution in [3.05, 3.63) is 59.5 Å². The highest BCUT2D eigenvalue weighted by molar-refractivity contribution is 5.99. The van der Waals surface area contributed by atoms with Crippen LogP contribution >= 0.6 is 0 Å². The number of methoxy groups -OCH3 is 1. The summed E-state index contributed by atoms with van der Waals surface area (Å²) < 4.78 is 6.22. The summed E-state index contributed by atoms with van der Waals surface area (Å²) in [6.45, 7) is 2.61. The zero-order chi connectivity index (χ0) is 19.8. The molecule has 0 saturated carbocycles. The van der Waals surface area contributed by atoms with Crippen molar-refractivity contribution in [2.45, 2.75) is 20.0 Å². The van der Waals surface area contributed by atoms with Gasteiger partial charge >= 0.3 is 5.97 Å². The standard InChI is InChI=1S/C21H20N4O3/c1-13-4-7-17(16-9-22-25(11-16)12-19(26)28-3)20(23-13)14-5-6-15-10-24(2)21(27)18(15)8-14/h4-9,11H,10,12H2,1-3H3. The van der Waals surface area contributed by atoms with Gasteiger partial charge < -0.3 is 9.64 Å². The molecule has 28 heavy (non-hydrogen) atoms. The van der Waals surface area contributed by atoms with E-state index in [1.807, 2.05) is 37.3 Å². The maximum atomic E-state index is 12.4. The zero-order valence-electron chi connectivity index (χ0n) is 16.0. The predicted molar refractivity (Wildman–Crippen MR) is 103 cm³/mol. The lowest BCUT2D eigenvalue weighted by atomic mass is 9.98. The summed E-state index contributed by atoms with van der Waals surface area (Å²) in [6, 6.07) is 9.81. The number of fused-ring (bicyclic) bond motifs is 1. The minimum absolute atomic E-state index is 0.0250. The van der Waals surface area contributed by atoms with Gasteiger partial charge in [0.1, 0.15) is 6.54 Å². The number of hydrogen-bond acceptors (Lipinski definition) is 5. The molecule has 142 valence electrons. The van der Waals surface area contributed by atoms with Crippen molar-refractivity contribution in [3.8, 4) is 22.4 Å². The third-order valence-electron chi connectivity index (χ3n) is 4.87. The Bertz CT molecular complexity index is 1090. The lowest BCUT2D eigenvalue weighted by molar-refractivity contribution is -0.141. The molecule has 0 fully saturated rings. The Morgan fingerprint density at radius 1 is 1.18 bits per heavy atom. The molecule has 1 aromatic carbocycles. The van der Waals surface area contributed by atoms with E-state index in [1.165, 1.54) is 11.8 Å². The number of aryl methyl sites for hydroxylation is 1. The van der Waals surface area contributed by atoms with Crippen LogP contribution in [0.15, 0.2) is 42.7 Å². The number of hydrogen-bond donors (Lipinski definition) is 0. The molecule has 1 amide bonds. The molecule has 0 unspecified atom stereocenters. The van der Waals surface area contributed by atoms with Crippen molar-refractivity contribution >= 4 is 11.9 Å². The van der Waals surface area contributed by atoms with E-state index in [9.17, 15) is 9.59 Å². The van der Waals surface area contributed by atoms with Crippen molar-refractivity contribution in [1.29, 1.82) is 0 Å². The van der Waals surface area contributed by atoms with Crippen LogP contribution in [0.25, 0.3) is 22.4 Å². The number of carbonyl (C=O) groups excluding carboxylic acids is 2. The number of rotatable bonds is 4. The molecule has 1 aliphatic rings. The number of amides is 1. The summed E-state index contributed by atoms with van der Waals surface area (Å²) in [5.74, 6) is -0.338. The minimum atomic E-state index is -0.363. The fraction of sp³-hybridized carbons (Fsp3) is 0.238. The summed E-state index contributed by atoms with van der Waals surface area (Å²) in [4.78, 5) is 30.3. The molecule has 7 heteroatoms. The third kappa shape index (κ3) is 3.15. The Morgan fingerprint density at radius 3 is 2.79 bits per heavy atom. The molecule has 7 nitrogen and oxygen atoms in total. The molecule has 2 aromatic heterocycles. The fourth-order valence-corrected chi connectivity index (χ4v) is 3.39. The van der Waals surface area contributed by atoms with Crippen LogP contribution in [0.2, 0.25) is 0 Å². The highest BCUT2D eigenvalue weighted by Crippen LogP contribution is 2.33. The molecule has 0 radical (unpaired) electrons. The molecule has 3 aromatic rings. The van der Waals surface area contributed by atoms with E-state index in [-0.39, 0.29) is 18.4 Å². The van der Waals surface area contributed by atoms with Gasteiger partial charge in [-0.2, -0.15) is 5.10 Å². The zero-order valence-corrected chi connectivity index (χ0v) is 16.0. The molecule has 4 rings (SSSR count). The summed E-state index contributed by atoms with van der Waals surface area (Å²) >= 11 is 0. The van der Waals surface area contributed by atoms with Crippen LogP contribution in [0.4, 0.5) is 0 Å². The topological polar surface area (TPSA) is 77.3 Å². The number of aromatic nitrogens is 3. The van der Waals surface area contributed by atoms with Crippen molar-refractivity contribution in [2.75, 3.05) is 14.2 Å². The van der Waals surface area contributed by atoms with E-state index in [2.05, 4.69) is 5.10 Å². The maximum Gasteiger partial charge on any atom is 0.327 e. The Kier molecular flexibility index (Phi) is 4.43. The van der Waals surface area contributed by atoms with Crippen molar-refractivity contribution in [3.63, 3.8) is 0 Å². The van der Waals surface area contributed by atoms with E-state index >= 15 is 0 Å². The van der Waals surface area contributed by atoms with E-state index in [0.717, 1.165) is 39.2 Å². The molecular formula is C21H20N4O3. The first-order valence-electron chi connectivity index (χ1n) is 8.92. The van der Waals surface area contributed by atoms with E-state index in [4.69, 9.17) is 9.72 Å². The first-order chi connectivity index (χ1) is 13.5. The van der Waals surface area contributed by atoms with Gasteiger partial charge in [0.25, 0.3) is 5.91 Å². The quantitative estimate of drug-likeness (QED) is 0.654. The monoisotopic (exact) mass is 376 g/mol. The molecular weight excluding hydrogens is 356 g/mol. The average Bonchev–Trinajstić information content (AvgIpc) is 3.26. The molecule has 3 heterocycles. The van der Waals surface area contributed by atoms with Crippen LogP contribution in [0, 0.1) is 6.92 Å². The number of carbonyl (C=O) groups is 2. The maximum absolute atomic E-state index is 12.4. The lowest BCUT2D eigenvalue weighted by Crippen LogP contribution is -2.17. The predicted octanol–water partition coefficient (Wildman–Crippen LogP) is 2.68. The van der Waals surface area contributed by atoms with Crippen molar-refractivity contribution in [1.82, 2.24) is 19.7 Å². The van der Waals surface area contributed by atoms with Crippen LogP contribution in [-0.2, 0) is 22.6 Å². The number of nitrogens with zero attached hydrogens (tertiary/aromatic N) is 4. The summed E-state index contributed by atoms with van der Waals surface area (Å²) in [5.41, 5.74) is 6.01. The second-order valence-corrected chi connectivity index (χ2v) is 6.88. The van der Waals surface area contributed by atoms with Gasteiger partial charge in [-0.3, -0.25) is 19.3 Å². The van der Waals surface area contributed by atoms with E-state index in [1.54, 1.807) is 24.3 Å². The SMILES string of the molecule is COC(=O)Cn1cc(-c2ccc(C)nc2-c2ccc3c(c2)C(=O)N(C)C3)cn1. The highest BCUT2D eigenvalue weighted by Gasteiger charge is 2.25. The first-order valence-corrected chi connectivity index (χ1v) is 8.92. The second-order valence-electron chi connectivity index (χ2n) is 6.88. The van der Waals surface area contributed by atoms with Crippen LogP contribution in [0.3, 0.4) is 0 Å². The Morgan fingerprint density at radius 2 is 2.00 bits per heavy atom. The molecule has 0 bridgehead atoms. The van der Waals surface area contributed by atoms with Crippen LogP contribution in [0.5, 0.6) is 0 Å². The lowest BCUT2D eigenvalue weighted by Gasteiger charge is -2.10. The first kappa shape index (κ1) is 17.9. The van der Waals surface area contributed by atoms with Gasteiger partial charge in [-0.05, 0) is 24.6 Å². The van der Waals surface area contributed by atoms with Gasteiger partial charge in [-0.25, -0.2) is 0 Å². The summed E-state index contributed by atoms with van der Waals surface area (Å²) in [5, 5.41) is 4.24. The van der Waals surface area contributed by atoms with E-state index < -0.39 is 0 Å². The van der Waals surface area contributed by atoms with Crippen LogP contribution in [0.1, 0.15) is 21.6 Å². The smallest absolute Gasteiger partial charge is 0.327 e. The molecule has 0 atom stereocenters. The van der Waals surface area contributed by atoms with Crippen LogP contribution in [-0.4, -0.2) is 45.7 Å². The van der Waals surface area contributed by atoms with E-state index in [0.29, 0.717) is 6.54 Å². The Hall–Kier alpha value is -3.48. The molecule has 0 aliphatic carbocycles. The fourth-order valence-electron chi connectivity index (χ4n) is 3.39. The Labute approximate surface area is 162 Å². The molecule has 0 saturated heterocycles. The van der Waals surface area contributed by atoms with Gasteiger partial charge in [0.05, 0.1) is 19.0 Å². The van der Waals surface area contributed by atoms with Gasteiger partial charge in [0.15, 0.2) is 0 Å². The number of esters is 1. The normalized spacial score (nSPS) is 13.0. The summed E-state index contributed by atoms with van der Waals surface area (Å²) in [7, 11) is 3.15. The number of benzene rings is 1. The van der Waals surface area contributed by atoms with Crippen LogP contribution < -0.4 is 0 Å². The highest BCUT2D eigenvalue weighted by atomic mass is 16.5. The number of pyridine rings is 1. The summed E-state index contributed by atoms with van der Waals surface area (Å²) in [6.07, 6.45) is 3.49. The largest absolute Gasteiger partial charge is 0.468 e. The van der Waals surface area contributed by atoms with Crippen molar-refractivity contribution < 1.29 is 14.3 Å². The Balaban J connectivity index is 1.77. The van der Waals surface area contributed by atoms with Gasteiger partial charge in [-0.15, -0.1) is 0 Å². The molecule has 0 spiro atoms. The molecule has 1 aliphatic heterocycles. The minimum Gasteiger partial charge on any atom is -0.468 e. The third-order valence-corrected chi connectivity index (χ3v) is 4.87. The second kappa shape index (κ2) is 6.92. The van der Waals surface area contributed by atoms with Gasteiger partial charge in [0, 0.05) is 47.7 Å². The average molecular weight is 376 g/mol. The van der Waals surface area contributed by atoms with Gasteiger partial charge in [0.2, 0.25) is 0 Å². The molecule has 0 N–H and O–H groups in total. The van der Waals surface area contributed by atoms with Crippen molar-refractivity contribution in [2.24, 2.45) is 0 Å².